The minimum Gasteiger partial charge on any atom is -0.496 e. The van der Waals surface area contributed by atoms with E-state index in [2.05, 4.69) is 10.6 Å². The lowest BCUT2D eigenvalue weighted by Gasteiger charge is -2.11. The third-order valence-corrected chi connectivity index (χ3v) is 4.75. The van der Waals surface area contributed by atoms with Crippen molar-refractivity contribution in [2.45, 2.75) is 13.8 Å². The Bertz CT molecular complexity index is 848. The van der Waals surface area contributed by atoms with E-state index in [1.54, 1.807) is 24.3 Å². The van der Waals surface area contributed by atoms with Crippen molar-refractivity contribution in [1.82, 2.24) is 10.6 Å². The summed E-state index contributed by atoms with van der Waals surface area (Å²) in [5.41, 5.74) is 2.10. The van der Waals surface area contributed by atoms with Crippen molar-refractivity contribution in [1.29, 1.82) is 0 Å². The summed E-state index contributed by atoms with van der Waals surface area (Å²) >= 11 is 12.0. The molecule has 0 unspecified atom stereocenters. The molecule has 0 atom stereocenters. The third kappa shape index (κ3) is 6.04. The Morgan fingerprint density at radius 2 is 1.64 bits per heavy atom. The van der Waals surface area contributed by atoms with Gasteiger partial charge in [-0.25, -0.2) is 0 Å². The lowest BCUT2D eigenvalue weighted by molar-refractivity contribution is -0.123. The number of carbonyl (C=O) groups is 2. The van der Waals surface area contributed by atoms with Gasteiger partial charge in [-0.3, -0.25) is 9.59 Å². The molecule has 6 nitrogen and oxygen atoms in total. The molecule has 0 saturated carbocycles. The second-order valence-electron chi connectivity index (χ2n) is 6.11. The van der Waals surface area contributed by atoms with Crippen molar-refractivity contribution in [2.75, 3.05) is 26.8 Å². The number of methoxy groups -OCH3 is 1. The predicted molar refractivity (Wildman–Crippen MR) is 110 cm³/mol. The van der Waals surface area contributed by atoms with Crippen LogP contribution < -0.4 is 20.1 Å². The largest absolute Gasteiger partial charge is 0.496 e. The van der Waals surface area contributed by atoms with Gasteiger partial charge in [0.05, 0.1) is 12.7 Å². The maximum absolute atomic E-state index is 12.2. The minimum absolute atomic E-state index is 0.128. The molecule has 2 rings (SSSR count). The van der Waals surface area contributed by atoms with E-state index in [0.717, 1.165) is 11.1 Å². The summed E-state index contributed by atoms with van der Waals surface area (Å²) in [5.74, 6) is 0.376. The van der Waals surface area contributed by atoms with Crippen LogP contribution >= 0.6 is 23.2 Å². The fraction of sp³-hybridized carbons (Fsp3) is 0.300. The average molecular weight is 425 g/mol. The number of carbonyl (C=O) groups excluding carboxylic acids is 2. The fourth-order valence-corrected chi connectivity index (χ4v) is 2.80. The molecule has 2 amide bonds. The van der Waals surface area contributed by atoms with Crippen LogP contribution in [0.1, 0.15) is 21.5 Å². The zero-order valence-electron chi connectivity index (χ0n) is 15.9. The van der Waals surface area contributed by atoms with E-state index < -0.39 is 0 Å². The first kappa shape index (κ1) is 21.9. The van der Waals surface area contributed by atoms with Gasteiger partial charge in [0.1, 0.15) is 11.5 Å². The summed E-state index contributed by atoms with van der Waals surface area (Å²) in [6.45, 7) is 4.13. The Labute approximate surface area is 174 Å². The molecule has 0 bridgehead atoms. The van der Waals surface area contributed by atoms with Crippen LogP contribution in [0.5, 0.6) is 11.5 Å². The quantitative estimate of drug-likeness (QED) is 0.635. The van der Waals surface area contributed by atoms with Crippen molar-refractivity contribution in [3.05, 3.63) is 57.1 Å². The molecule has 0 aliphatic heterocycles. The van der Waals surface area contributed by atoms with Crippen LogP contribution in [0.4, 0.5) is 0 Å². The van der Waals surface area contributed by atoms with Gasteiger partial charge in [-0.2, -0.15) is 0 Å². The van der Waals surface area contributed by atoms with Crippen LogP contribution in [-0.2, 0) is 4.79 Å². The van der Waals surface area contributed by atoms with Gasteiger partial charge in [-0.15, -0.1) is 0 Å². The molecule has 0 aromatic heterocycles. The zero-order valence-corrected chi connectivity index (χ0v) is 17.4. The summed E-state index contributed by atoms with van der Waals surface area (Å²) in [7, 11) is 1.48. The van der Waals surface area contributed by atoms with Gasteiger partial charge >= 0.3 is 0 Å². The predicted octanol–water partition coefficient (Wildman–Crippen LogP) is 3.54. The number of hydrogen-bond acceptors (Lipinski definition) is 4. The van der Waals surface area contributed by atoms with E-state index in [0.29, 0.717) is 27.1 Å². The van der Waals surface area contributed by atoms with Gasteiger partial charge in [-0.05, 0) is 55.3 Å². The van der Waals surface area contributed by atoms with Crippen molar-refractivity contribution in [2.24, 2.45) is 0 Å². The normalized spacial score (nSPS) is 10.3. The molecule has 2 aromatic rings. The molecule has 28 heavy (non-hydrogen) atoms. The zero-order chi connectivity index (χ0) is 20.7. The van der Waals surface area contributed by atoms with Crippen molar-refractivity contribution >= 4 is 35.0 Å². The van der Waals surface area contributed by atoms with Crippen LogP contribution in [0.3, 0.4) is 0 Å². The van der Waals surface area contributed by atoms with Gasteiger partial charge in [0.15, 0.2) is 6.61 Å². The third-order valence-electron chi connectivity index (χ3n) is 3.92. The Hall–Kier alpha value is -2.44. The molecule has 150 valence electrons. The number of nitrogens with one attached hydrogen (secondary N) is 2. The highest BCUT2D eigenvalue weighted by molar-refractivity contribution is 6.32. The molecule has 0 spiro atoms. The van der Waals surface area contributed by atoms with Gasteiger partial charge < -0.3 is 20.1 Å². The summed E-state index contributed by atoms with van der Waals surface area (Å²) < 4.78 is 10.6. The first-order valence-corrected chi connectivity index (χ1v) is 9.35. The Kier molecular flexibility index (Phi) is 7.96. The monoisotopic (exact) mass is 424 g/mol. The van der Waals surface area contributed by atoms with Crippen LogP contribution in [0, 0.1) is 13.8 Å². The van der Waals surface area contributed by atoms with Crippen molar-refractivity contribution < 1.29 is 19.1 Å². The Balaban J connectivity index is 1.75. The smallest absolute Gasteiger partial charge is 0.258 e. The topological polar surface area (TPSA) is 76.7 Å². The number of aryl methyl sites for hydroxylation is 2. The Morgan fingerprint density at radius 3 is 2.29 bits per heavy atom. The van der Waals surface area contributed by atoms with Crippen molar-refractivity contribution in [3.8, 4) is 11.5 Å². The van der Waals surface area contributed by atoms with E-state index >= 15 is 0 Å². The van der Waals surface area contributed by atoms with Crippen LogP contribution in [0.2, 0.25) is 10.0 Å². The maximum atomic E-state index is 12.2. The van der Waals surface area contributed by atoms with Gasteiger partial charge in [0.2, 0.25) is 0 Å². The maximum Gasteiger partial charge on any atom is 0.258 e. The first-order chi connectivity index (χ1) is 13.3. The van der Waals surface area contributed by atoms with Gasteiger partial charge in [-0.1, -0.05) is 23.2 Å². The summed E-state index contributed by atoms with van der Waals surface area (Å²) in [5, 5.41) is 6.50. The molecule has 0 fully saturated rings. The number of halogens is 2. The molecular weight excluding hydrogens is 403 g/mol. The average Bonchev–Trinajstić information content (AvgIpc) is 2.67. The van der Waals surface area contributed by atoms with Gasteiger partial charge in [0.25, 0.3) is 11.8 Å². The van der Waals surface area contributed by atoms with Crippen LogP contribution in [0.25, 0.3) is 0 Å². The molecule has 0 aliphatic rings. The number of rotatable bonds is 8. The summed E-state index contributed by atoms with van der Waals surface area (Å²) in [4.78, 5) is 24.1. The summed E-state index contributed by atoms with van der Waals surface area (Å²) in [6, 6.07) is 8.35. The number of ether oxygens (including phenoxy) is 2. The molecule has 2 N–H and O–H groups in total. The molecule has 0 aliphatic carbocycles. The fourth-order valence-electron chi connectivity index (χ4n) is 2.52. The second kappa shape index (κ2) is 10.2. The molecule has 0 radical (unpaired) electrons. The van der Waals surface area contributed by atoms with Crippen LogP contribution in [-0.4, -0.2) is 38.6 Å². The lowest BCUT2D eigenvalue weighted by Crippen LogP contribution is -2.36. The van der Waals surface area contributed by atoms with E-state index in [4.69, 9.17) is 32.7 Å². The van der Waals surface area contributed by atoms with E-state index in [1.807, 2.05) is 13.8 Å². The number of benzene rings is 2. The molecule has 0 heterocycles. The second-order valence-corrected chi connectivity index (χ2v) is 6.92. The van der Waals surface area contributed by atoms with E-state index in [1.165, 1.54) is 13.2 Å². The number of hydrogen-bond donors (Lipinski definition) is 2. The lowest BCUT2D eigenvalue weighted by atomic mass is 10.1. The summed E-state index contributed by atoms with van der Waals surface area (Å²) in [6.07, 6.45) is 0. The Morgan fingerprint density at radius 1 is 1.00 bits per heavy atom. The molecule has 8 heteroatoms. The molecular formula is C20H22Cl2N2O4. The molecule has 2 aromatic carbocycles. The highest BCUT2D eigenvalue weighted by atomic mass is 35.5. The van der Waals surface area contributed by atoms with Crippen LogP contribution in [0.15, 0.2) is 30.3 Å². The standard InChI is InChI=1S/C20H22Cl2N2O4/c1-12-8-15(9-13(2)19(12)22)28-11-18(25)23-6-7-24-20(26)16-10-14(21)4-5-17(16)27-3/h4-5,8-10H,6-7,11H2,1-3H3,(H,23,25)(H,24,26). The first-order valence-electron chi connectivity index (χ1n) is 8.59. The van der Waals surface area contributed by atoms with Crippen molar-refractivity contribution in [3.63, 3.8) is 0 Å². The highest BCUT2D eigenvalue weighted by Crippen LogP contribution is 2.25. The highest BCUT2D eigenvalue weighted by Gasteiger charge is 2.12. The SMILES string of the molecule is COc1ccc(Cl)cc1C(=O)NCCNC(=O)COc1cc(C)c(Cl)c(C)c1. The van der Waals surface area contributed by atoms with E-state index in [-0.39, 0.29) is 31.5 Å². The number of amides is 2. The minimum atomic E-state index is -0.336. The molecule has 0 saturated heterocycles. The van der Waals surface area contributed by atoms with Gasteiger partial charge in [0, 0.05) is 23.1 Å². The van der Waals surface area contributed by atoms with E-state index in [9.17, 15) is 9.59 Å².